The molecule has 19 heavy (non-hydrogen) atoms. The summed E-state index contributed by atoms with van der Waals surface area (Å²) in [5.74, 6) is -0.0925. The summed E-state index contributed by atoms with van der Waals surface area (Å²) < 4.78 is 18.4. The van der Waals surface area contributed by atoms with E-state index in [-0.39, 0.29) is 17.6 Å². The molecule has 1 heterocycles. The number of aryl methyl sites for hydroxylation is 1. The number of halogens is 1. The quantitative estimate of drug-likeness (QED) is 0.910. The topological polar surface area (TPSA) is 34.1 Å². The molecule has 0 aliphatic rings. The molecule has 0 saturated carbocycles. The molecule has 1 atom stereocenters. The summed E-state index contributed by atoms with van der Waals surface area (Å²) in [4.78, 5) is 4.09. The van der Waals surface area contributed by atoms with Gasteiger partial charge in [-0.1, -0.05) is 6.07 Å². The third-order valence-corrected chi connectivity index (χ3v) is 3.09. The van der Waals surface area contributed by atoms with Crippen molar-refractivity contribution in [1.29, 1.82) is 0 Å². The highest BCUT2D eigenvalue weighted by molar-refractivity contribution is 5.50. The molecule has 1 aromatic heterocycles. The molecule has 3 nitrogen and oxygen atoms in total. The molecule has 0 radical (unpaired) electrons. The smallest absolute Gasteiger partial charge is 0.165 e. The molecule has 1 N–H and O–H groups in total. The van der Waals surface area contributed by atoms with Crippen LogP contribution in [0.4, 0.5) is 10.1 Å². The molecule has 2 aromatic rings. The number of aromatic nitrogens is 1. The summed E-state index contributed by atoms with van der Waals surface area (Å²) in [6.45, 7) is 4.03. The van der Waals surface area contributed by atoms with Crippen LogP contribution >= 0.6 is 0 Å². The summed E-state index contributed by atoms with van der Waals surface area (Å²) in [5, 5.41) is 3.36. The number of rotatable bonds is 4. The first-order valence-corrected chi connectivity index (χ1v) is 6.12. The molecule has 0 spiro atoms. The lowest BCUT2D eigenvalue weighted by Crippen LogP contribution is -2.08. The van der Waals surface area contributed by atoms with Crippen molar-refractivity contribution in [3.63, 3.8) is 0 Å². The van der Waals surface area contributed by atoms with E-state index in [1.807, 2.05) is 19.9 Å². The van der Waals surface area contributed by atoms with Crippen LogP contribution in [0.5, 0.6) is 5.75 Å². The Balaban J connectivity index is 2.20. The van der Waals surface area contributed by atoms with Gasteiger partial charge in [-0.3, -0.25) is 4.98 Å². The number of benzene rings is 1. The van der Waals surface area contributed by atoms with Crippen molar-refractivity contribution in [3.8, 4) is 5.75 Å². The van der Waals surface area contributed by atoms with Crippen molar-refractivity contribution < 1.29 is 9.13 Å². The predicted molar refractivity (Wildman–Crippen MR) is 74.0 cm³/mol. The molecule has 1 aromatic carbocycles. The summed E-state index contributed by atoms with van der Waals surface area (Å²) in [6, 6.07) is 6.86. The Morgan fingerprint density at radius 2 is 2.11 bits per heavy atom. The lowest BCUT2D eigenvalue weighted by molar-refractivity contribution is 0.385. The van der Waals surface area contributed by atoms with Crippen LogP contribution in [-0.4, -0.2) is 12.1 Å². The van der Waals surface area contributed by atoms with Gasteiger partial charge in [0, 0.05) is 12.2 Å². The van der Waals surface area contributed by atoms with E-state index in [1.165, 1.54) is 13.2 Å². The van der Waals surface area contributed by atoms with Gasteiger partial charge in [-0.2, -0.15) is 0 Å². The standard InChI is InChI=1S/C15H17FN2O/c1-10-6-7-17-9-14(10)18-11(2)12-4-5-13(16)15(8-12)19-3/h4-9,11,18H,1-3H3. The number of pyridine rings is 1. The Morgan fingerprint density at radius 3 is 2.79 bits per heavy atom. The highest BCUT2D eigenvalue weighted by Gasteiger charge is 2.10. The number of anilines is 1. The molecule has 0 aliphatic carbocycles. The maximum absolute atomic E-state index is 13.4. The number of ether oxygens (including phenoxy) is 1. The zero-order chi connectivity index (χ0) is 13.8. The average Bonchev–Trinajstić information content (AvgIpc) is 2.42. The average molecular weight is 260 g/mol. The van der Waals surface area contributed by atoms with Gasteiger partial charge in [-0.05, 0) is 43.2 Å². The summed E-state index contributed by atoms with van der Waals surface area (Å²) in [6.07, 6.45) is 3.54. The summed E-state index contributed by atoms with van der Waals surface area (Å²) in [5.41, 5.74) is 3.05. The monoisotopic (exact) mass is 260 g/mol. The van der Waals surface area contributed by atoms with Gasteiger partial charge in [0.2, 0.25) is 0 Å². The second-order valence-corrected chi connectivity index (χ2v) is 4.45. The normalized spacial score (nSPS) is 12.0. The third-order valence-electron chi connectivity index (χ3n) is 3.09. The zero-order valence-corrected chi connectivity index (χ0v) is 11.3. The van der Waals surface area contributed by atoms with Crippen molar-refractivity contribution in [1.82, 2.24) is 4.98 Å². The maximum Gasteiger partial charge on any atom is 0.165 e. The first-order chi connectivity index (χ1) is 9.11. The number of methoxy groups -OCH3 is 1. The molecule has 100 valence electrons. The lowest BCUT2D eigenvalue weighted by atomic mass is 10.1. The lowest BCUT2D eigenvalue weighted by Gasteiger charge is -2.17. The van der Waals surface area contributed by atoms with Gasteiger partial charge >= 0.3 is 0 Å². The fraction of sp³-hybridized carbons (Fsp3) is 0.267. The van der Waals surface area contributed by atoms with Crippen LogP contribution in [0, 0.1) is 12.7 Å². The summed E-state index contributed by atoms with van der Waals surface area (Å²) in [7, 11) is 1.46. The predicted octanol–water partition coefficient (Wildman–Crippen LogP) is 3.71. The van der Waals surface area contributed by atoms with E-state index in [0.717, 1.165) is 16.8 Å². The first-order valence-electron chi connectivity index (χ1n) is 6.12. The molecule has 0 bridgehead atoms. The molecule has 0 fully saturated rings. The molecular weight excluding hydrogens is 243 g/mol. The second kappa shape index (κ2) is 5.69. The molecule has 0 amide bonds. The minimum absolute atomic E-state index is 0.0393. The van der Waals surface area contributed by atoms with Gasteiger partial charge in [0.1, 0.15) is 0 Å². The van der Waals surface area contributed by atoms with Crippen LogP contribution in [-0.2, 0) is 0 Å². The van der Waals surface area contributed by atoms with Gasteiger partial charge in [-0.15, -0.1) is 0 Å². The van der Waals surface area contributed by atoms with E-state index in [2.05, 4.69) is 10.3 Å². The molecular formula is C15H17FN2O. The minimum Gasteiger partial charge on any atom is -0.494 e. The Hall–Kier alpha value is -2.10. The molecule has 2 rings (SSSR count). The van der Waals surface area contributed by atoms with Gasteiger partial charge in [0.15, 0.2) is 11.6 Å². The second-order valence-electron chi connectivity index (χ2n) is 4.45. The van der Waals surface area contributed by atoms with Gasteiger partial charge < -0.3 is 10.1 Å². The van der Waals surface area contributed by atoms with Gasteiger partial charge in [0.25, 0.3) is 0 Å². The first kappa shape index (κ1) is 13.3. The SMILES string of the molecule is COc1cc(C(C)Nc2cnccc2C)ccc1F. The zero-order valence-electron chi connectivity index (χ0n) is 11.3. The van der Waals surface area contributed by atoms with Crippen LogP contribution in [0.1, 0.15) is 24.1 Å². The molecule has 0 aliphatic heterocycles. The van der Waals surface area contributed by atoms with Crippen LogP contribution < -0.4 is 10.1 Å². The van der Waals surface area contributed by atoms with E-state index in [1.54, 1.807) is 24.5 Å². The number of hydrogen-bond donors (Lipinski definition) is 1. The Bertz CT molecular complexity index is 572. The van der Waals surface area contributed by atoms with Crippen molar-refractivity contribution in [2.75, 3.05) is 12.4 Å². The van der Waals surface area contributed by atoms with E-state index < -0.39 is 0 Å². The van der Waals surface area contributed by atoms with Crippen LogP contribution in [0.25, 0.3) is 0 Å². The highest BCUT2D eigenvalue weighted by Crippen LogP contribution is 2.25. The van der Waals surface area contributed by atoms with Crippen LogP contribution in [0.2, 0.25) is 0 Å². The van der Waals surface area contributed by atoms with Crippen molar-refractivity contribution in [2.45, 2.75) is 19.9 Å². The van der Waals surface area contributed by atoms with Crippen molar-refractivity contribution in [3.05, 3.63) is 53.6 Å². The van der Waals surface area contributed by atoms with E-state index in [9.17, 15) is 4.39 Å². The third kappa shape index (κ3) is 3.02. The maximum atomic E-state index is 13.4. The number of hydrogen-bond acceptors (Lipinski definition) is 3. The van der Waals surface area contributed by atoms with Gasteiger partial charge in [-0.25, -0.2) is 4.39 Å². The van der Waals surface area contributed by atoms with Crippen molar-refractivity contribution >= 4 is 5.69 Å². The Kier molecular flexibility index (Phi) is 4.00. The highest BCUT2D eigenvalue weighted by atomic mass is 19.1. The molecule has 4 heteroatoms. The fourth-order valence-corrected chi connectivity index (χ4v) is 1.88. The minimum atomic E-state index is -0.351. The summed E-state index contributed by atoms with van der Waals surface area (Å²) >= 11 is 0. The fourth-order valence-electron chi connectivity index (χ4n) is 1.88. The van der Waals surface area contributed by atoms with E-state index >= 15 is 0 Å². The van der Waals surface area contributed by atoms with Crippen LogP contribution in [0.3, 0.4) is 0 Å². The Labute approximate surface area is 112 Å². The van der Waals surface area contributed by atoms with Crippen molar-refractivity contribution in [2.24, 2.45) is 0 Å². The number of nitrogens with one attached hydrogen (secondary N) is 1. The molecule has 1 unspecified atom stereocenters. The van der Waals surface area contributed by atoms with E-state index in [4.69, 9.17) is 4.74 Å². The Morgan fingerprint density at radius 1 is 1.32 bits per heavy atom. The molecule has 0 saturated heterocycles. The largest absolute Gasteiger partial charge is 0.494 e. The van der Waals surface area contributed by atoms with E-state index in [0.29, 0.717) is 0 Å². The van der Waals surface area contributed by atoms with Gasteiger partial charge in [0.05, 0.1) is 19.0 Å². The van der Waals surface area contributed by atoms with Crippen LogP contribution in [0.15, 0.2) is 36.7 Å². The number of nitrogens with zero attached hydrogens (tertiary/aromatic N) is 1.